The Morgan fingerprint density at radius 2 is 2.00 bits per heavy atom. The molecule has 0 amide bonds. The third-order valence-electron chi connectivity index (χ3n) is 2.80. The van der Waals surface area contributed by atoms with Crippen LogP contribution < -0.4 is 0 Å². The van der Waals surface area contributed by atoms with Crippen molar-refractivity contribution in [3.05, 3.63) is 59.4 Å². The summed E-state index contributed by atoms with van der Waals surface area (Å²) in [4.78, 5) is 4.46. The van der Waals surface area contributed by atoms with Gasteiger partial charge in [0, 0.05) is 11.9 Å². The van der Waals surface area contributed by atoms with Crippen LogP contribution in [0.25, 0.3) is 0 Å². The molecule has 16 heavy (non-hydrogen) atoms. The SMILES string of the molecule is CC1=C2/C=CC=CC/C2=C/CC/C=C/C=N\1. The third-order valence-corrected chi connectivity index (χ3v) is 2.80. The van der Waals surface area contributed by atoms with Gasteiger partial charge in [-0.25, -0.2) is 0 Å². The fourth-order valence-corrected chi connectivity index (χ4v) is 1.92. The molecule has 1 aliphatic carbocycles. The molecule has 2 aliphatic rings. The number of fused-ring (bicyclic) bond motifs is 1. The number of hydrogen-bond acceptors (Lipinski definition) is 1. The average Bonchev–Trinajstić information content (AvgIpc) is 2.53. The lowest BCUT2D eigenvalue weighted by Gasteiger charge is -2.08. The monoisotopic (exact) mass is 211 g/mol. The van der Waals surface area contributed by atoms with Gasteiger partial charge in [0.1, 0.15) is 0 Å². The molecule has 0 bridgehead atoms. The number of aliphatic imine (C=N–C) groups is 1. The van der Waals surface area contributed by atoms with Crippen LogP contribution in [0, 0.1) is 0 Å². The van der Waals surface area contributed by atoms with Gasteiger partial charge in [-0.3, -0.25) is 4.99 Å². The maximum absolute atomic E-state index is 4.46. The minimum Gasteiger partial charge on any atom is -0.261 e. The van der Waals surface area contributed by atoms with Crippen molar-refractivity contribution in [1.82, 2.24) is 0 Å². The molecule has 0 saturated carbocycles. The zero-order valence-corrected chi connectivity index (χ0v) is 9.69. The largest absolute Gasteiger partial charge is 0.261 e. The van der Waals surface area contributed by atoms with Gasteiger partial charge in [-0.1, -0.05) is 36.5 Å². The van der Waals surface area contributed by atoms with Gasteiger partial charge in [0.05, 0.1) is 0 Å². The Hall–Kier alpha value is -1.63. The molecule has 0 radical (unpaired) electrons. The molecule has 0 aromatic heterocycles. The van der Waals surface area contributed by atoms with E-state index < -0.39 is 0 Å². The highest BCUT2D eigenvalue weighted by Crippen LogP contribution is 2.24. The van der Waals surface area contributed by atoms with Crippen LogP contribution in [-0.2, 0) is 0 Å². The number of rotatable bonds is 0. The van der Waals surface area contributed by atoms with Gasteiger partial charge in [-0.05, 0) is 43.4 Å². The van der Waals surface area contributed by atoms with Gasteiger partial charge < -0.3 is 0 Å². The van der Waals surface area contributed by atoms with Crippen molar-refractivity contribution in [2.45, 2.75) is 26.2 Å². The first kappa shape index (κ1) is 10.9. The molecular weight excluding hydrogens is 194 g/mol. The van der Waals surface area contributed by atoms with Crippen molar-refractivity contribution < 1.29 is 0 Å². The smallest absolute Gasteiger partial charge is 0.0447 e. The maximum atomic E-state index is 4.46. The Bertz CT molecular complexity index is 428. The minimum absolute atomic E-state index is 1.01. The summed E-state index contributed by atoms with van der Waals surface area (Å²) in [6, 6.07) is 0. The van der Waals surface area contributed by atoms with E-state index in [1.807, 2.05) is 12.3 Å². The normalized spacial score (nSPS) is 32.2. The van der Waals surface area contributed by atoms with E-state index in [0.29, 0.717) is 0 Å². The van der Waals surface area contributed by atoms with E-state index in [9.17, 15) is 0 Å². The second-order valence-electron chi connectivity index (χ2n) is 4.00. The van der Waals surface area contributed by atoms with Crippen LogP contribution in [0.15, 0.2) is 64.4 Å². The van der Waals surface area contributed by atoms with Crippen LogP contribution in [0.4, 0.5) is 0 Å². The molecule has 0 spiro atoms. The fourth-order valence-electron chi connectivity index (χ4n) is 1.92. The van der Waals surface area contributed by atoms with Crippen LogP contribution in [-0.4, -0.2) is 6.21 Å². The first-order valence-electron chi connectivity index (χ1n) is 5.80. The van der Waals surface area contributed by atoms with Gasteiger partial charge in [0.25, 0.3) is 0 Å². The highest BCUT2D eigenvalue weighted by atomic mass is 14.7. The molecule has 0 atom stereocenters. The summed E-state index contributed by atoms with van der Waals surface area (Å²) in [5, 5.41) is 0. The maximum Gasteiger partial charge on any atom is 0.0447 e. The second kappa shape index (κ2) is 5.45. The van der Waals surface area contributed by atoms with Crippen molar-refractivity contribution in [1.29, 1.82) is 0 Å². The molecule has 1 aliphatic heterocycles. The Balaban J connectivity index is 2.43. The summed E-state index contributed by atoms with van der Waals surface area (Å²) in [5.74, 6) is 0. The lowest BCUT2D eigenvalue weighted by Crippen LogP contribution is -1.90. The summed E-state index contributed by atoms with van der Waals surface area (Å²) in [5.41, 5.74) is 3.77. The quantitative estimate of drug-likeness (QED) is 0.571. The van der Waals surface area contributed by atoms with E-state index in [-0.39, 0.29) is 0 Å². The van der Waals surface area contributed by atoms with Crippen molar-refractivity contribution in [3.8, 4) is 0 Å². The number of nitrogens with zero attached hydrogens (tertiary/aromatic N) is 1. The fraction of sp³-hybridized carbons (Fsp3) is 0.267. The zero-order chi connectivity index (χ0) is 11.2. The van der Waals surface area contributed by atoms with E-state index in [2.05, 4.69) is 48.4 Å². The summed E-state index contributed by atoms with van der Waals surface area (Å²) in [6.07, 6.45) is 20.2. The highest BCUT2D eigenvalue weighted by Gasteiger charge is 2.06. The summed E-state index contributed by atoms with van der Waals surface area (Å²) in [6.45, 7) is 2.07. The van der Waals surface area contributed by atoms with Crippen molar-refractivity contribution in [2.75, 3.05) is 0 Å². The molecule has 1 heteroatoms. The number of hydrogen-bond donors (Lipinski definition) is 0. The van der Waals surface area contributed by atoms with Crippen LogP contribution in [0.3, 0.4) is 0 Å². The van der Waals surface area contributed by atoms with Crippen LogP contribution >= 0.6 is 0 Å². The Kier molecular flexibility index (Phi) is 3.71. The standard InChI is InChI=1S/C15H17N/c1-13-15-11-7-4-6-10-14(15)9-5-2-3-8-12-16-13/h3-4,6-9,11-12H,2,5,10H2,1H3/b8-3+,14-9-,15-13+,16-12-. The average molecular weight is 211 g/mol. The Labute approximate surface area is 97.3 Å². The molecule has 1 nitrogen and oxygen atoms in total. The molecule has 82 valence electrons. The molecule has 0 saturated heterocycles. The summed E-state index contributed by atoms with van der Waals surface area (Å²) >= 11 is 0. The third kappa shape index (κ3) is 2.69. The summed E-state index contributed by atoms with van der Waals surface area (Å²) in [7, 11) is 0. The van der Waals surface area contributed by atoms with Crippen LogP contribution in [0.5, 0.6) is 0 Å². The lowest BCUT2D eigenvalue weighted by molar-refractivity contribution is 1.02. The molecule has 1 heterocycles. The van der Waals surface area contributed by atoms with Gasteiger partial charge >= 0.3 is 0 Å². The van der Waals surface area contributed by atoms with Crippen molar-refractivity contribution in [2.24, 2.45) is 4.99 Å². The molecular formula is C15H17N. The first-order chi connectivity index (χ1) is 7.88. The predicted octanol–water partition coefficient (Wildman–Crippen LogP) is 4.12. The summed E-state index contributed by atoms with van der Waals surface area (Å²) < 4.78 is 0. The molecule has 0 fully saturated rings. The van der Waals surface area contributed by atoms with E-state index in [4.69, 9.17) is 0 Å². The van der Waals surface area contributed by atoms with Crippen LogP contribution in [0.1, 0.15) is 26.2 Å². The number of allylic oxidation sites excluding steroid dienone is 10. The van der Waals surface area contributed by atoms with Crippen LogP contribution in [0.2, 0.25) is 0 Å². The molecule has 2 rings (SSSR count). The predicted molar refractivity (Wildman–Crippen MR) is 70.5 cm³/mol. The minimum atomic E-state index is 1.01. The van der Waals surface area contributed by atoms with E-state index in [1.54, 1.807) is 0 Å². The van der Waals surface area contributed by atoms with Gasteiger partial charge in [0.15, 0.2) is 0 Å². The topological polar surface area (TPSA) is 12.4 Å². The van der Waals surface area contributed by atoms with Gasteiger partial charge in [-0.15, -0.1) is 0 Å². The Morgan fingerprint density at radius 3 is 2.94 bits per heavy atom. The molecule has 0 unspecified atom stereocenters. The molecule has 0 N–H and O–H groups in total. The Morgan fingerprint density at radius 1 is 1.06 bits per heavy atom. The lowest BCUT2D eigenvalue weighted by atomic mass is 10.00. The van der Waals surface area contributed by atoms with E-state index >= 15 is 0 Å². The highest BCUT2D eigenvalue weighted by molar-refractivity contribution is 5.72. The van der Waals surface area contributed by atoms with Crippen molar-refractivity contribution in [3.63, 3.8) is 0 Å². The first-order valence-corrected chi connectivity index (χ1v) is 5.80. The zero-order valence-electron chi connectivity index (χ0n) is 9.69. The van der Waals surface area contributed by atoms with Gasteiger partial charge in [0.2, 0.25) is 0 Å². The molecule has 0 aromatic carbocycles. The van der Waals surface area contributed by atoms with Gasteiger partial charge in [-0.2, -0.15) is 0 Å². The van der Waals surface area contributed by atoms with Crippen molar-refractivity contribution >= 4 is 6.21 Å². The van der Waals surface area contributed by atoms with E-state index in [1.165, 1.54) is 11.1 Å². The molecule has 0 aromatic rings. The van der Waals surface area contributed by atoms with E-state index in [0.717, 1.165) is 25.0 Å². The second-order valence-corrected chi connectivity index (χ2v) is 4.00.